The highest BCUT2D eigenvalue weighted by Gasteiger charge is 2.55. The van der Waals surface area contributed by atoms with Crippen molar-refractivity contribution in [3.8, 4) is 0 Å². The minimum absolute atomic E-state index is 0.0610. The summed E-state index contributed by atoms with van der Waals surface area (Å²) in [5.74, 6) is 0.000359. The fraction of sp³-hybridized carbons (Fsp3) is 0.958. The smallest absolute Gasteiger partial charge is 0.192 e. The molecule has 3 aliphatic heterocycles. The Kier molecular flexibility index (Phi) is 7.19. The molecule has 0 amide bonds. The zero-order valence-electron chi connectivity index (χ0n) is 21.2. The first kappa shape index (κ1) is 25.3. The predicted molar refractivity (Wildman–Crippen MR) is 123 cm³/mol. The van der Waals surface area contributed by atoms with E-state index in [1.165, 1.54) is 0 Å². The van der Waals surface area contributed by atoms with Crippen LogP contribution in [0.5, 0.6) is 0 Å². The summed E-state index contributed by atoms with van der Waals surface area (Å²) in [5.41, 5.74) is 0. The van der Waals surface area contributed by atoms with Gasteiger partial charge in [-0.25, -0.2) is 0 Å². The van der Waals surface area contributed by atoms with Gasteiger partial charge in [0.2, 0.25) is 0 Å². The fourth-order valence-corrected chi connectivity index (χ4v) is 6.19. The maximum atomic E-state index is 11.7. The minimum atomic E-state index is -1.81. The van der Waals surface area contributed by atoms with Crippen LogP contribution in [0.15, 0.2) is 0 Å². The van der Waals surface area contributed by atoms with Gasteiger partial charge in [-0.3, -0.25) is 4.79 Å². The molecule has 8 atom stereocenters. The van der Waals surface area contributed by atoms with Crippen molar-refractivity contribution >= 4 is 14.1 Å². The number of ether oxygens (including phenoxy) is 4. The molecular weight excluding hydrogens is 412 g/mol. The maximum absolute atomic E-state index is 11.7. The van der Waals surface area contributed by atoms with Crippen molar-refractivity contribution in [3.05, 3.63) is 0 Å². The number of carbonyl (C=O) groups is 1. The van der Waals surface area contributed by atoms with E-state index in [0.29, 0.717) is 18.9 Å². The number of rotatable bonds is 8. The maximum Gasteiger partial charge on any atom is 0.192 e. The van der Waals surface area contributed by atoms with Crippen molar-refractivity contribution < 1.29 is 28.2 Å². The molecule has 0 N–H and O–H groups in total. The molecule has 0 spiro atoms. The Bertz CT molecular complexity index is 657. The molecule has 3 heterocycles. The number of Topliss-reactive ketones (excluding diaryl/α,β-unsaturated/α-hetero) is 1. The highest BCUT2D eigenvalue weighted by molar-refractivity contribution is 6.74. The molecular formula is C24H44O6Si. The van der Waals surface area contributed by atoms with Gasteiger partial charge in [-0.15, -0.1) is 0 Å². The van der Waals surface area contributed by atoms with Crippen molar-refractivity contribution in [2.75, 3.05) is 6.61 Å². The Morgan fingerprint density at radius 3 is 2.32 bits per heavy atom. The largest absolute Gasteiger partial charge is 0.414 e. The van der Waals surface area contributed by atoms with Gasteiger partial charge in [-0.2, -0.15) is 0 Å². The van der Waals surface area contributed by atoms with Crippen molar-refractivity contribution in [2.45, 2.75) is 129 Å². The molecule has 3 saturated heterocycles. The first-order valence-electron chi connectivity index (χ1n) is 11.9. The lowest BCUT2D eigenvalue weighted by atomic mass is 9.86. The van der Waals surface area contributed by atoms with Gasteiger partial charge < -0.3 is 23.4 Å². The van der Waals surface area contributed by atoms with E-state index in [0.717, 1.165) is 6.42 Å². The lowest BCUT2D eigenvalue weighted by Gasteiger charge is -2.39. The second-order valence-electron chi connectivity index (χ2n) is 11.9. The van der Waals surface area contributed by atoms with Crippen LogP contribution in [0.4, 0.5) is 0 Å². The minimum Gasteiger partial charge on any atom is -0.414 e. The van der Waals surface area contributed by atoms with Crippen LogP contribution in [0, 0.1) is 11.8 Å². The predicted octanol–water partition coefficient (Wildman–Crippen LogP) is 4.70. The molecule has 6 nitrogen and oxygen atoms in total. The van der Waals surface area contributed by atoms with Crippen molar-refractivity contribution in [3.63, 3.8) is 0 Å². The Balaban J connectivity index is 1.57. The third-order valence-corrected chi connectivity index (χ3v) is 12.3. The molecule has 0 aliphatic carbocycles. The molecule has 0 aromatic rings. The molecule has 31 heavy (non-hydrogen) atoms. The van der Waals surface area contributed by atoms with Crippen molar-refractivity contribution in [1.29, 1.82) is 0 Å². The van der Waals surface area contributed by atoms with Crippen LogP contribution in [-0.4, -0.2) is 63.1 Å². The van der Waals surface area contributed by atoms with Crippen LogP contribution in [0.1, 0.15) is 68.2 Å². The van der Waals surface area contributed by atoms with Gasteiger partial charge in [-0.1, -0.05) is 27.7 Å². The Labute approximate surface area is 189 Å². The van der Waals surface area contributed by atoms with E-state index >= 15 is 0 Å². The van der Waals surface area contributed by atoms with Crippen LogP contribution >= 0.6 is 0 Å². The van der Waals surface area contributed by atoms with Crippen LogP contribution in [0.2, 0.25) is 18.1 Å². The molecule has 180 valence electrons. The molecule has 3 fully saturated rings. The van der Waals surface area contributed by atoms with E-state index in [1.54, 1.807) is 6.92 Å². The first-order valence-corrected chi connectivity index (χ1v) is 14.8. The number of fused-ring (bicyclic) bond motifs is 1. The highest BCUT2D eigenvalue weighted by atomic mass is 28.4. The first-order chi connectivity index (χ1) is 14.1. The number of ketones is 1. The van der Waals surface area contributed by atoms with Gasteiger partial charge in [-0.05, 0) is 52.2 Å². The molecule has 3 rings (SSSR count). The molecule has 0 radical (unpaired) electrons. The molecule has 0 aromatic heterocycles. The second-order valence-corrected chi connectivity index (χ2v) is 16.7. The lowest BCUT2D eigenvalue weighted by molar-refractivity contribution is -0.156. The van der Waals surface area contributed by atoms with Crippen LogP contribution in [0.25, 0.3) is 0 Å². The normalized spacial score (nSPS) is 37.2. The van der Waals surface area contributed by atoms with Crippen molar-refractivity contribution in [1.82, 2.24) is 0 Å². The molecule has 7 heteroatoms. The number of epoxide rings is 1. The van der Waals surface area contributed by atoms with E-state index < -0.39 is 14.1 Å². The summed E-state index contributed by atoms with van der Waals surface area (Å²) in [4.78, 5) is 11.7. The van der Waals surface area contributed by atoms with E-state index in [2.05, 4.69) is 47.7 Å². The van der Waals surface area contributed by atoms with Gasteiger partial charge in [0.1, 0.15) is 11.9 Å². The number of carbonyl (C=O) groups excluding carboxylic acids is 1. The van der Waals surface area contributed by atoms with E-state index in [-0.39, 0.29) is 53.4 Å². The highest BCUT2D eigenvalue weighted by Crippen LogP contribution is 2.45. The molecule has 0 aromatic carbocycles. The zero-order chi connectivity index (χ0) is 23.4. The van der Waals surface area contributed by atoms with Gasteiger partial charge in [0, 0.05) is 24.4 Å². The average Bonchev–Trinajstić information content (AvgIpc) is 3.28. The van der Waals surface area contributed by atoms with Crippen LogP contribution < -0.4 is 0 Å². The van der Waals surface area contributed by atoms with E-state index in [1.807, 2.05) is 13.8 Å². The number of hydrogen-bond acceptors (Lipinski definition) is 6. The van der Waals surface area contributed by atoms with Gasteiger partial charge in [0.05, 0.1) is 31.0 Å². The van der Waals surface area contributed by atoms with Crippen molar-refractivity contribution in [2.24, 2.45) is 11.8 Å². The third kappa shape index (κ3) is 5.79. The summed E-state index contributed by atoms with van der Waals surface area (Å²) in [5, 5.41) is 0.197. The summed E-state index contributed by atoms with van der Waals surface area (Å²) < 4.78 is 31.2. The third-order valence-electron chi connectivity index (χ3n) is 7.71. The Morgan fingerprint density at radius 1 is 1.13 bits per heavy atom. The topological polar surface area (TPSA) is 66.5 Å². The molecule has 0 saturated carbocycles. The van der Waals surface area contributed by atoms with Gasteiger partial charge >= 0.3 is 0 Å². The van der Waals surface area contributed by atoms with Gasteiger partial charge in [0.15, 0.2) is 14.1 Å². The summed E-state index contributed by atoms with van der Waals surface area (Å²) in [6.45, 7) is 21.9. The standard InChI is InChI=1S/C24H44O6Si/c1-14(25)11-18-22-21(28-24(7,8)29-22)17(13-26-18)12-19-20(27-19)15(2)16(3)30-31(9,10)23(4,5)6/h15-22H,11-13H2,1-10H3/t15-,16-,17-,18-,19+,20-,21+,22-/m0/s1. The molecule has 3 aliphatic rings. The quantitative estimate of drug-likeness (QED) is 0.389. The van der Waals surface area contributed by atoms with Gasteiger partial charge in [0.25, 0.3) is 0 Å². The van der Waals surface area contributed by atoms with E-state index in [4.69, 9.17) is 23.4 Å². The lowest BCUT2D eigenvalue weighted by Crippen LogP contribution is -2.49. The number of hydrogen-bond donors (Lipinski definition) is 0. The molecule has 0 unspecified atom stereocenters. The summed E-state index contributed by atoms with van der Waals surface area (Å²) in [7, 11) is -1.81. The monoisotopic (exact) mass is 456 g/mol. The SMILES string of the molecule is CC(=O)C[C@@H]1OC[C@H](C[C@H]2O[C@H]2[C@@H](C)[C@H](C)O[Si](C)(C)C(C)(C)C)[C@H]2OC(C)(C)O[C@H]21. The average molecular weight is 457 g/mol. The fourth-order valence-electron chi connectivity index (χ4n) is 4.69. The van der Waals surface area contributed by atoms with Crippen LogP contribution in [0.3, 0.4) is 0 Å². The summed E-state index contributed by atoms with van der Waals surface area (Å²) in [6.07, 6.45) is 1.34. The summed E-state index contributed by atoms with van der Waals surface area (Å²) >= 11 is 0. The zero-order valence-corrected chi connectivity index (χ0v) is 22.2. The molecule has 0 bridgehead atoms. The van der Waals surface area contributed by atoms with E-state index in [9.17, 15) is 4.79 Å². The van der Waals surface area contributed by atoms with Crippen LogP contribution in [-0.2, 0) is 28.2 Å². The Morgan fingerprint density at radius 2 is 1.74 bits per heavy atom. The summed E-state index contributed by atoms with van der Waals surface area (Å²) in [6, 6.07) is 0. The second kappa shape index (κ2) is 8.80. The Hall–Kier alpha value is -0.313.